The van der Waals surface area contributed by atoms with Gasteiger partial charge in [-0.15, -0.1) is 0 Å². The third kappa shape index (κ3) is 9.18. The molecule has 0 nitrogen and oxygen atoms in total. The van der Waals surface area contributed by atoms with Gasteiger partial charge >= 0.3 is 93.3 Å². The van der Waals surface area contributed by atoms with E-state index in [-0.39, 0.29) is 0 Å². The number of rotatable bonds is 9. The Morgan fingerprint density at radius 1 is 0.615 bits per heavy atom. The first-order chi connectivity index (χ1) is 6.35. The molecular weight excluding hydrogens is 323 g/mol. The zero-order valence-electron chi connectivity index (χ0n) is 9.86. The first-order valence-electron chi connectivity index (χ1n) is 6.18. The van der Waals surface area contributed by atoms with E-state index in [1.807, 2.05) is 0 Å². The van der Waals surface area contributed by atoms with Crippen LogP contribution in [0.15, 0.2) is 0 Å². The maximum atomic E-state index is 2.34. The summed E-state index contributed by atoms with van der Waals surface area (Å²) in [6.45, 7) is 7.01. The zero-order chi connectivity index (χ0) is 9.94. The average Bonchev–Trinajstić information content (AvgIpc) is 2.17. The summed E-state index contributed by atoms with van der Waals surface area (Å²) in [4.78, 5) is 0. The van der Waals surface area contributed by atoms with Crippen molar-refractivity contribution >= 4 is 0 Å². The van der Waals surface area contributed by atoms with E-state index in [0.717, 1.165) is 0 Å². The molecule has 0 aromatic rings. The minimum absolute atomic E-state index is 0.995. The molecule has 0 radical (unpaired) electrons. The Bertz CT molecular complexity index is 72.1. The van der Waals surface area contributed by atoms with Crippen molar-refractivity contribution in [1.29, 1.82) is 0 Å². The fraction of sp³-hybridized carbons (Fsp3) is 1.00. The van der Waals surface area contributed by atoms with Crippen LogP contribution < -0.4 is 0 Å². The van der Waals surface area contributed by atoms with E-state index in [1.165, 1.54) is 38.5 Å². The molecule has 0 bridgehead atoms. The molecule has 0 aliphatic rings. The Hall–Kier alpha value is 0.870. The van der Waals surface area contributed by atoms with Crippen molar-refractivity contribution in [2.24, 2.45) is 0 Å². The molecule has 0 amide bonds. The Balaban J connectivity index is 3.47. The van der Waals surface area contributed by atoms with Crippen molar-refractivity contribution in [3.05, 3.63) is 0 Å². The SMILES string of the molecule is CCC[CH2][Hf]([CH2]CCC)[CH2]CCC. The topological polar surface area (TPSA) is 0 Å². The van der Waals surface area contributed by atoms with Gasteiger partial charge in [0, 0.05) is 0 Å². The van der Waals surface area contributed by atoms with E-state index in [0.29, 0.717) is 0 Å². The van der Waals surface area contributed by atoms with E-state index < -0.39 is 21.4 Å². The van der Waals surface area contributed by atoms with Gasteiger partial charge in [-0.3, -0.25) is 0 Å². The Labute approximate surface area is 93.0 Å². The fourth-order valence-electron chi connectivity index (χ4n) is 1.66. The van der Waals surface area contributed by atoms with E-state index >= 15 is 0 Å². The summed E-state index contributed by atoms with van der Waals surface area (Å²) in [5, 5.41) is 0. The van der Waals surface area contributed by atoms with Gasteiger partial charge in [-0.05, 0) is 0 Å². The minimum atomic E-state index is -0.995. The summed E-state index contributed by atoms with van der Waals surface area (Å²) in [6, 6.07) is 0. The first-order valence-corrected chi connectivity index (χ1v) is 13.8. The molecule has 13 heavy (non-hydrogen) atoms. The third-order valence-electron chi connectivity index (χ3n) is 2.65. The van der Waals surface area contributed by atoms with Gasteiger partial charge in [-0.25, -0.2) is 0 Å². The normalized spacial score (nSPS) is 10.4. The standard InChI is InChI=1S/3C4H9.Hf/c3*1-3-4-2;/h3*1,3-4H2,2H3;. The molecule has 0 atom stereocenters. The van der Waals surface area contributed by atoms with Crippen molar-refractivity contribution in [1.82, 2.24) is 0 Å². The van der Waals surface area contributed by atoms with Crippen LogP contribution in [0, 0.1) is 0 Å². The Morgan fingerprint density at radius 2 is 0.923 bits per heavy atom. The molecule has 0 saturated heterocycles. The molecule has 0 saturated carbocycles. The van der Waals surface area contributed by atoms with Gasteiger partial charge < -0.3 is 0 Å². The average molecular weight is 350 g/mol. The maximum absolute atomic E-state index is 2.34. The van der Waals surface area contributed by atoms with Crippen LogP contribution in [0.5, 0.6) is 0 Å². The number of hydrogen-bond acceptors (Lipinski definition) is 0. The molecule has 0 spiro atoms. The van der Waals surface area contributed by atoms with Crippen LogP contribution in [0.25, 0.3) is 0 Å². The monoisotopic (exact) mass is 351 g/mol. The summed E-state index contributed by atoms with van der Waals surface area (Å²) in [7, 11) is 0. The summed E-state index contributed by atoms with van der Waals surface area (Å²) in [5.74, 6) is 0. The van der Waals surface area contributed by atoms with Crippen LogP contribution in [-0.2, 0) is 21.4 Å². The molecule has 0 heterocycles. The first kappa shape index (κ1) is 13.9. The van der Waals surface area contributed by atoms with Gasteiger partial charge in [-0.2, -0.15) is 0 Å². The predicted molar refractivity (Wildman–Crippen MR) is 59.1 cm³/mol. The molecular formula is C12H27Hf. The van der Waals surface area contributed by atoms with Crippen molar-refractivity contribution in [3.8, 4) is 0 Å². The summed E-state index contributed by atoms with van der Waals surface area (Å²) < 4.78 is 5.09. The Kier molecular flexibility index (Phi) is 11.7. The molecule has 0 rings (SSSR count). The van der Waals surface area contributed by atoms with Gasteiger partial charge in [0.15, 0.2) is 0 Å². The van der Waals surface area contributed by atoms with Crippen molar-refractivity contribution in [2.75, 3.05) is 0 Å². The van der Waals surface area contributed by atoms with E-state index in [9.17, 15) is 0 Å². The predicted octanol–water partition coefficient (Wildman–Crippen LogP) is 5.26. The van der Waals surface area contributed by atoms with E-state index in [2.05, 4.69) is 20.8 Å². The second-order valence-corrected chi connectivity index (χ2v) is 14.8. The van der Waals surface area contributed by atoms with Gasteiger partial charge in [0.2, 0.25) is 0 Å². The van der Waals surface area contributed by atoms with E-state index in [4.69, 9.17) is 0 Å². The molecule has 0 N–H and O–H groups in total. The molecule has 0 aliphatic heterocycles. The van der Waals surface area contributed by atoms with Gasteiger partial charge in [0.05, 0.1) is 0 Å². The second kappa shape index (κ2) is 10.9. The molecule has 0 aromatic carbocycles. The quantitative estimate of drug-likeness (QED) is 0.498. The van der Waals surface area contributed by atoms with Gasteiger partial charge in [-0.1, -0.05) is 0 Å². The van der Waals surface area contributed by atoms with Crippen LogP contribution in [0.4, 0.5) is 0 Å². The van der Waals surface area contributed by atoms with Crippen LogP contribution in [0.3, 0.4) is 0 Å². The summed E-state index contributed by atoms with van der Waals surface area (Å²) in [5.41, 5.74) is 0. The fourth-order valence-corrected chi connectivity index (χ4v) is 13.5. The van der Waals surface area contributed by atoms with Gasteiger partial charge in [0.1, 0.15) is 0 Å². The third-order valence-corrected chi connectivity index (χ3v) is 14.1. The van der Waals surface area contributed by atoms with Crippen LogP contribution >= 0.6 is 0 Å². The van der Waals surface area contributed by atoms with E-state index in [1.54, 1.807) is 12.5 Å². The van der Waals surface area contributed by atoms with Crippen molar-refractivity contribution in [2.45, 2.75) is 71.8 Å². The molecule has 0 unspecified atom stereocenters. The van der Waals surface area contributed by atoms with Crippen LogP contribution in [-0.4, -0.2) is 0 Å². The van der Waals surface area contributed by atoms with Crippen molar-refractivity contribution in [3.63, 3.8) is 0 Å². The Morgan fingerprint density at radius 3 is 1.15 bits per heavy atom. The van der Waals surface area contributed by atoms with Gasteiger partial charge in [0.25, 0.3) is 0 Å². The number of unbranched alkanes of at least 4 members (excludes halogenated alkanes) is 3. The molecule has 0 aromatic heterocycles. The zero-order valence-corrected chi connectivity index (χ0v) is 13.5. The molecule has 0 aliphatic carbocycles. The van der Waals surface area contributed by atoms with Crippen LogP contribution in [0.2, 0.25) is 12.5 Å². The van der Waals surface area contributed by atoms with Crippen molar-refractivity contribution < 1.29 is 21.4 Å². The summed E-state index contributed by atoms with van der Waals surface area (Å²) in [6.07, 6.45) is 8.88. The molecule has 1 heteroatoms. The number of hydrogen-bond donors (Lipinski definition) is 0. The second-order valence-electron chi connectivity index (χ2n) is 4.06. The summed E-state index contributed by atoms with van der Waals surface area (Å²) >= 11 is -0.995. The molecule has 79 valence electrons. The molecule has 0 fully saturated rings. The van der Waals surface area contributed by atoms with Crippen LogP contribution in [0.1, 0.15) is 59.3 Å².